The molecular weight excluding hydrogens is 491 g/mol. The molecule has 2 aromatic carbocycles. The van der Waals surface area contributed by atoms with E-state index >= 15 is 0 Å². The molecule has 1 heteroatoms. The standard InChI is InChI=1S/2C12H13.2CH3.Hf/c2*1-2-5-10-8-9-11-6-3-4-7-12(10)11;;;/h2*3-4,6-7,9-10H,2,5H2,1H3;2*1H3;/q4*-1;+4. The summed E-state index contributed by atoms with van der Waals surface area (Å²) < 4.78 is 0. The smallest absolute Gasteiger partial charge is 0.358 e. The molecule has 2 aliphatic carbocycles. The zero-order valence-corrected chi connectivity index (χ0v) is 20.8. The van der Waals surface area contributed by atoms with E-state index in [1.54, 1.807) is 0 Å². The number of benzene rings is 2. The first-order chi connectivity index (χ1) is 11.8. The molecule has 0 radical (unpaired) electrons. The topological polar surface area (TPSA) is 0 Å². The number of hydrogen-bond acceptors (Lipinski definition) is 0. The van der Waals surface area contributed by atoms with Gasteiger partial charge in [-0.15, -0.1) is 23.3 Å². The molecule has 0 bridgehead atoms. The summed E-state index contributed by atoms with van der Waals surface area (Å²) in [6.07, 6.45) is 16.0. The van der Waals surface area contributed by atoms with E-state index in [2.05, 4.69) is 86.7 Å². The van der Waals surface area contributed by atoms with Gasteiger partial charge in [0, 0.05) is 0 Å². The van der Waals surface area contributed by atoms with Crippen molar-refractivity contribution < 1.29 is 25.8 Å². The van der Waals surface area contributed by atoms with Crippen molar-refractivity contribution in [3.63, 3.8) is 0 Å². The van der Waals surface area contributed by atoms with Crippen molar-refractivity contribution in [3.8, 4) is 0 Å². The van der Waals surface area contributed by atoms with Gasteiger partial charge in [-0.3, -0.25) is 12.2 Å². The molecule has 2 aliphatic rings. The largest absolute Gasteiger partial charge is 4.00 e. The molecule has 0 heterocycles. The normalized spacial score (nSPS) is 17.4. The molecule has 0 aromatic heterocycles. The van der Waals surface area contributed by atoms with Crippen LogP contribution >= 0.6 is 0 Å². The summed E-state index contributed by atoms with van der Waals surface area (Å²) in [7, 11) is 0. The maximum Gasteiger partial charge on any atom is 4.00 e. The van der Waals surface area contributed by atoms with Gasteiger partial charge in [0.25, 0.3) is 0 Å². The Kier molecular flexibility index (Phi) is 12.5. The van der Waals surface area contributed by atoms with Crippen LogP contribution in [0.15, 0.2) is 48.5 Å². The molecule has 0 fully saturated rings. The van der Waals surface area contributed by atoms with Crippen molar-refractivity contribution in [2.24, 2.45) is 0 Å². The first-order valence-electron chi connectivity index (χ1n) is 9.19. The first kappa shape index (κ1) is 25.8. The van der Waals surface area contributed by atoms with Crippen LogP contribution in [0.25, 0.3) is 12.2 Å². The van der Waals surface area contributed by atoms with Crippen LogP contribution in [0, 0.1) is 27.0 Å². The van der Waals surface area contributed by atoms with Gasteiger partial charge >= 0.3 is 25.8 Å². The third-order valence-corrected chi connectivity index (χ3v) is 4.78. The predicted molar refractivity (Wildman–Crippen MR) is 116 cm³/mol. The molecule has 0 amide bonds. The van der Waals surface area contributed by atoms with Crippen LogP contribution in [0.2, 0.25) is 0 Å². The summed E-state index contributed by atoms with van der Waals surface area (Å²) in [5, 5.41) is 0. The zero-order valence-electron chi connectivity index (χ0n) is 17.3. The Balaban J connectivity index is 0.000000451. The van der Waals surface area contributed by atoms with E-state index in [0.717, 1.165) is 0 Å². The Morgan fingerprint density at radius 3 is 1.41 bits per heavy atom. The molecule has 0 saturated heterocycles. The van der Waals surface area contributed by atoms with E-state index in [1.807, 2.05) is 0 Å². The minimum Gasteiger partial charge on any atom is -0.358 e. The summed E-state index contributed by atoms with van der Waals surface area (Å²) >= 11 is 0. The Labute approximate surface area is 186 Å². The summed E-state index contributed by atoms with van der Waals surface area (Å²) in [4.78, 5) is 0. The second-order valence-electron chi connectivity index (χ2n) is 6.56. The number of hydrogen-bond donors (Lipinski definition) is 0. The SMILES string of the molecule is CCCC1[C-]=Cc2ccccc21.CCCC1[C-]=Cc2ccccc21.[CH3-].[CH3-].[Hf+4]. The van der Waals surface area contributed by atoms with Crippen molar-refractivity contribution in [2.45, 2.75) is 51.4 Å². The van der Waals surface area contributed by atoms with Gasteiger partial charge in [-0.1, -0.05) is 87.8 Å². The molecule has 27 heavy (non-hydrogen) atoms. The van der Waals surface area contributed by atoms with Crippen molar-refractivity contribution in [1.29, 1.82) is 0 Å². The van der Waals surface area contributed by atoms with Gasteiger partial charge in [-0.25, -0.2) is 12.2 Å². The Hall–Kier alpha value is -1.21. The van der Waals surface area contributed by atoms with Crippen LogP contribution in [-0.2, 0) is 25.8 Å². The van der Waals surface area contributed by atoms with Crippen LogP contribution in [0.3, 0.4) is 0 Å². The monoisotopic (exact) mass is 524 g/mol. The van der Waals surface area contributed by atoms with Gasteiger partial charge in [-0.2, -0.15) is 11.1 Å². The van der Waals surface area contributed by atoms with Crippen LogP contribution in [0.1, 0.15) is 73.6 Å². The quantitative estimate of drug-likeness (QED) is 0.285. The predicted octanol–water partition coefficient (Wildman–Crippen LogP) is 7.70. The van der Waals surface area contributed by atoms with Gasteiger partial charge < -0.3 is 14.9 Å². The molecule has 4 rings (SSSR count). The van der Waals surface area contributed by atoms with Crippen LogP contribution in [0.4, 0.5) is 0 Å². The molecule has 0 saturated carbocycles. The number of fused-ring (bicyclic) bond motifs is 2. The van der Waals surface area contributed by atoms with E-state index in [4.69, 9.17) is 0 Å². The molecule has 2 unspecified atom stereocenters. The molecule has 0 aliphatic heterocycles. The summed E-state index contributed by atoms with van der Waals surface area (Å²) in [5.41, 5.74) is 5.63. The van der Waals surface area contributed by atoms with Crippen LogP contribution in [-0.4, -0.2) is 0 Å². The maximum absolute atomic E-state index is 3.40. The van der Waals surface area contributed by atoms with Gasteiger partial charge in [0.1, 0.15) is 0 Å². The first-order valence-corrected chi connectivity index (χ1v) is 9.19. The van der Waals surface area contributed by atoms with E-state index < -0.39 is 0 Å². The maximum atomic E-state index is 3.40. The molecule has 0 nitrogen and oxygen atoms in total. The summed E-state index contributed by atoms with van der Waals surface area (Å²) in [6.45, 7) is 4.45. The fourth-order valence-corrected chi connectivity index (χ4v) is 3.53. The molecule has 0 N–H and O–H groups in total. The zero-order chi connectivity index (χ0) is 16.8. The Morgan fingerprint density at radius 2 is 1.04 bits per heavy atom. The van der Waals surface area contributed by atoms with E-state index in [9.17, 15) is 0 Å². The molecule has 0 spiro atoms. The minimum atomic E-state index is 0. The molecule has 2 atom stereocenters. The van der Waals surface area contributed by atoms with Crippen molar-refractivity contribution in [3.05, 3.63) is 97.8 Å². The van der Waals surface area contributed by atoms with Crippen LogP contribution < -0.4 is 0 Å². The van der Waals surface area contributed by atoms with Crippen molar-refractivity contribution in [2.75, 3.05) is 0 Å². The third kappa shape index (κ3) is 6.42. The van der Waals surface area contributed by atoms with E-state index in [0.29, 0.717) is 11.8 Å². The molecule has 2 aromatic rings. The second-order valence-corrected chi connectivity index (χ2v) is 6.56. The summed E-state index contributed by atoms with van der Waals surface area (Å²) in [6, 6.07) is 17.2. The third-order valence-electron chi connectivity index (χ3n) is 4.78. The van der Waals surface area contributed by atoms with Crippen LogP contribution in [0.5, 0.6) is 0 Å². The van der Waals surface area contributed by atoms with Gasteiger partial charge in [-0.05, 0) is 0 Å². The number of rotatable bonds is 4. The minimum absolute atomic E-state index is 0. The van der Waals surface area contributed by atoms with Gasteiger partial charge in [0.05, 0.1) is 0 Å². The van der Waals surface area contributed by atoms with E-state index in [-0.39, 0.29) is 40.7 Å². The van der Waals surface area contributed by atoms with Crippen molar-refractivity contribution in [1.82, 2.24) is 0 Å². The van der Waals surface area contributed by atoms with Gasteiger partial charge in [0.15, 0.2) is 0 Å². The van der Waals surface area contributed by atoms with Gasteiger partial charge in [0.2, 0.25) is 0 Å². The number of allylic oxidation sites excluding steroid dienone is 2. The van der Waals surface area contributed by atoms with E-state index in [1.165, 1.54) is 47.9 Å². The fraction of sp³-hybridized carbons (Fsp3) is 0.308. The average molecular weight is 523 g/mol. The average Bonchev–Trinajstić information content (AvgIpc) is 3.22. The second kappa shape index (κ2) is 13.0. The summed E-state index contributed by atoms with van der Waals surface area (Å²) in [5.74, 6) is 1.12. The Morgan fingerprint density at radius 1 is 0.667 bits per heavy atom. The fourth-order valence-electron chi connectivity index (χ4n) is 3.53. The molecular formula is C26H32Hf. The molecule has 140 valence electrons. The Bertz CT molecular complexity index is 663. The van der Waals surface area contributed by atoms with Crippen molar-refractivity contribution >= 4 is 12.2 Å².